The number of hydrogen-bond acceptors (Lipinski definition) is 4. The molecule has 6 rings (SSSR count). The number of benzene rings is 5. The van der Waals surface area contributed by atoms with Gasteiger partial charge in [0.05, 0.1) is 18.7 Å². The first-order chi connectivity index (χ1) is 19.2. The van der Waals surface area contributed by atoms with Crippen LogP contribution in [0.2, 0.25) is 0 Å². The van der Waals surface area contributed by atoms with Crippen molar-refractivity contribution in [1.29, 1.82) is 5.26 Å². The van der Waals surface area contributed by atoms with Gasteiger partial charge in [0.15, 0.2) is 0 Å². The predicted octanol–water partition coefficient (Wildman–Crippen LogP) is 7.36. The molecule has 1 fully saturated rings. The molecule has 0 bridgehead atoms. The average molecular weight is 511 g/mol. The lowest BCUT2D eigenvalue weighted by Crippen LogP contribution is -2.30. The minimum atomic E-state index is 0.182. The minimum absolute atomic E-state index is 0.182. The van der Waals surface area contributed by atoms with Crippen LogP contribution in [0, 0.1) is 11.3 Å². The van der Waals surface area contributed by atoms with Gasteiger partial charge < -0.3 is 4.90 Å². The second-order valence-corrected chi connectivity index (χ2v) is 10.5. The average Bonchev–Trinajstić information content (AvgIpc) is 3.38. The zero-order valence-corrected chi connectivity index (χ0v) is 22.5. The van der Waals surface area contributed by atoms with Crippen molar-refractivity contribution in [3.05, 3.63) is 126 Å². The van der Waals surface area contributed by atoms with Gasteiger partial charge in [-0.15, -0.1) is 0 Å². The lowest BCUT2D eigenvalue weighted by molar-refractivity contribution is 0.126. The number of nitriles is 1. The van der Waals surface area contributed by atoms with E-state index in [0.29, 0.717) is 6.42 Å². The summed E-state index contributed by atoms with van der Waals surface area (Å²) in [5, 5.41) is 14.3. The minimum Gasteiger partial charge on any atom is -0.374 e. The summed E-state index contributed by atoms with van der Waals surface area (Å²) in [5.74, 6) is 0. The van der Waals surface area contributed by atoms with Gasteiger partial charge in [0.2, 0.25) is 0 Å². The van der Waals surface area contributed by atoms with E-state index in [-0.39, 0.29) is 6.17 Å². The normalized spacial score (nSPS) is 14.7. The number of rotatable bonds is 8. The van der Waals surface area contributed by atoms with Crippen molar-refractivity contribution in [2.24, 2.45) is 0 Å². The molecule has 5 aromatic rings. The van der Waals surface area contributed by atoms with E-state index in [9.17, 15) is 0 Å². The fourth-order valence-corrected chi connectivity index (χ4v) is 6.03. The second kappa shape index (κ2) is 11.3. The maximum atomic E-state index is 8.99. The van der Waals surface area contributed by atoms with Gasteiger partial charge in [-0.1, -0.05) is 97.1 Å². The lowest BCUT2D eigenvalue weighted by atomic mass is 10.0. The van der Waals surface area contributed by atoms with Crippen molar-refractivity contribution < 1.29 is 0 Å². The molecule has 194 valence electrons. The highest BCUT2D eigenvalue weighted by molar-refractivity contribution is 5.86. The Balaban J connectivity index is 1.33. The van der Waals surface area contributed by atoms with Crippen molar-refractivity contribution in [1.82, 2.24) is 9.80 Å². The Kier molecular flexibility index (Phi) is 7.27. The largest absolute Gasteiger partial charge is 0.374 e. The maximum Gasteiger partial charge on any atom is 0.0892 e. The molecule has 1 saturated heterocycles. The molecule has 0 radical (unpaired) electrons. The van der Waals surface area contributed by atoms with Gasteiger partial charge in [-0.2, -0.15) is 5.26 Å². The van der Waals surface area contributed by atoms with Crippen LogP contribution >= 0.6 is 0 Å². The quantitative estimate of drug-likeness (QED) is 0.218. The highest BCUT2D eigenvalue weighted by atomic mass is 15.4. The Hall–Kier alpha value is -4.17. The van der Waals surface area contributed by atoms with Crippen molar-refractivity contribution >= 4 is 27.2 Å². The van der Waals surface area contributed by atoms with Crippen molar-refractivity contribution in [2.75, 3.05) is 31.6 Å². The summed E-state index contributed by atoms with van der Waals surface area (Å²) >= 11 is 0. The summed E-state index contributed by atoms with van der Waals surface area (Å²) in [5.41, 5.74) is 5.20. The Morgan fingerprint density at radius 2 is 1.21 bits per heavy atom. The van der Waals surface area contributed by atoms with Crippen LogP contribution in [0.1, 0.15) is 29.3 Å². The summed E-state index contributed by atoms with van der Waals surface area (Å²) in [4.78, 5) is 7.41. The topological polar surface area (TPSA) is 33.5 Å². The molecule has 0 aromatic heterocycles. The maximum absolute atomic E-state index is 8.99. The van der Waals surface area contributed by atoms with E-state index < -0.39 is 0 Å². The second-order valence-electron chi connectivity index (χ2n) is 10.5. The molecule has 0 aliphatic carbocycles. The fraction of sp³-hybridized carbons (Fsp3) is 0.229. The summed E-state index contributed by atoms with van der Waals surface area (Å²) in [6, 6.07) is 42.0. The van der Waals surface area contributed by atoms with E-state index in [4.69, 9.17) is 5.26 Å². The first-order valence-corrected chi connectivity index (χ1v) is 13.8. The molecular weight excluding hydrogens is 476 g/mol. The number of hydrogen-bond donors (Lipinski definition) is 0. The van der Waals surface area contributed by atoms with E-state index >= 15 is 0 Å². The van der Waals surface area contributed by atoms with Gasteiger partial charge in [0, 0.05) is 45.5 Å². The van der Waals surface area contributed by atoms with Crippen LogP contribution in [-0.4, -0.2) is 36.5 Å². The molecule has 0 spiro atoms. The van der Waals surface area contributed by atoms with Crippen LogP contribution in [0.15, 0.2) is 109 Å². The predicted molar refractivity (Wildman–Crippen MR) is 161 cm³/mol. The molecule has 1 heterocycles. The van der Waals surface area contributed by atoms with Gasteiger partial charge in [-0.25, -0.2) is 0 Å². The first kappa shape index (κ1) is 25.1. The van der Waals surface area contributed by atoms with Gasteiger partial charge >= 0.3 is 0 Å². The fourth-order valence-electron chi connectivity index (χ4n) is 6.03. The first-order valence-electron chi connectivity index (χ1n) is 13.8. The molecule has 1 aliphatic rings. The van der Waals surface area contributed by atoms with Crippen LogP contribution in [0.3, 0.4) is 0 Å². The van der Waals surface area contributed by atoms with Gasteiger partial charge in [0.1, 0.15) is 0 Å². The molecule has 5 aromatic carbocycles. The van der Waals surface area contributed by atoms with Gasteiger partial charge in [-0.05, 0) is 50.4 Å². The number of fused-ring (bicyclic) bond motifs is 2. The van der Waals surface area contributed by atoms with Crippen LogP contribution in [0.4, 0.5) is 5.69 Å². The third kappa shape index (κ3) is 5.25. The Morgan fingerprint density at radius 3 is 1.74 bits per heavy atom. The molecule has 0 unspecified atom stereocenters. The van der Waals surface area contributed by atoms with Gasteiger partial charge in [0.25, 0.3) is 0 Å². The van der Waals surface area contributed by atoms with Crippen molar-refractivity contribution in [3.63, 3.8) is 0 Å². The summed E-state index contributed by atoms with van der Waals surface area (Å²) in [7, 11) is 2.06. The number of nitrogens with zero attached hydrogens (tertiary/aromatic N) is 4. The van der Waals surface area contributed by atoms with E-state index in [1.54, 1.807) is 0 Å². The molecule has 0 amide bonds. The Bertz CT molecular complexity index is 1520. The van der Waals surface area contributed by atoms with Crippen LogP contribution in [-0.2, 0) is 13.1 Å². The monoisotopic (exact) mass is 510 g/mol. The Labute approximate surface area is 231 Å². The molecule has 4 heteroatoms. The summed E-state index contributed by atoms with van der Waals surface area (Å²) in [6.07, 6.45) is 0.708. The van der Waals surface area contributed by atoms with Gasteiger partial charge in [-0.3, -0.25) is 9.80 Å². The molecule has 0 N–H and O–H groups in total. The SMILES string of the molecule is CN(CCC#N)c1ccc(C2N(Cc3cccc4ccccc34)CCN2Cc2cccc3ccccc23)cc1. The van der Waals surface area contributed by atoms with Crippen LogP contribution < -0.4 is 4.90 Å². The highest BCUT2D eigenvalue weighted by Gasteiger charge is 2.33. The van der Waals surface area contributed by atoms with E-state index in [2.05, 4.69) is 137 Å². The van der Waals surface area contributed by atoms with Crippen molar-refractivity contribution in [2.45, 2.75) is 25.7 Å². The third-order valence-corrected chi connectivity index (χ3v) is 8.06. The van der Waals surface area contributed by atoms with Crippen LogP contribution in [0.25, 0.3) is 21.5 Å². The zero-order valence-electron chi connectivity index (χ0n) is 22.5. The molecule has 4 nitrogen and oxygen atoms in total. The molecule has 0 saturated carbocycles. The third-order valence-electron chi connectivity index (χ3n) is 8.06. The zero-order chi connectivity index (χ0) is 26.6. The van der Waals surface area contributed by atoms with E-state index in [1.807, 2.05) is 0 Å². The number of anilines is 1. The molecule has 1 aliphatic heterocycles. The highest BCUT2D eigenvalue weighted by Crippen LogP contribution is 2.35. The lowest BCUT2D eigenvalue weighted by Gasteiger charge is -2.32. The van der Waals surface area contributed by atoms with Crippen molar-refractivity contribution in [3.8, 4) is 6.07 Å². The molecule has 0 atom stereocenters. The standard InChI is InChI=1S/C35H34N4/c1-37(22-8-21-36)32-19-17-29(18-20-32)35-38(25-30-13-6-11-27-9-2-4-15-33(27)30)23-24-39(35)26-31-14-7-12-28-10-3-5-16-34(28)31/h2-7,9-20,35H,8,22-26H2,1H3. The Morgan fingerprint density at radius 1 is 0.692 bits per heavy atom. The van der Waals surface area contributed by atoms with E-state index in [0.717, 1.165) is 38.4 Å². The van der Waals surface area contributed by atoms with Crippen LogP contribution in [0.5, 0.6) is 0 Å². The molecular formula is C35H34N4. The smallest absolute Gasteiger partial charge is 0.0892 e. The van der Waals surface area contributed by atoms with E-state index in [1.165, 1.54) is 38.2 Å². The summed E-state index contributed by atoms with van der Waals surface area (Å²) in [6.45, 7) is 4.58. The molecule has 39 heavy (non-hydrogen) atoms. The summed E-state index contributed by atoms with van der Waals surface area (Å²) < 4.78 is 0.